The largest absolute Gasteiger partial charge is 0.479 e. The van der Waals surface area contributed by atoms with E-state index < -0.39 is 17.0 Å². The maximum Gasteiger partial charge on any atom is 0.346 e. The molecular formula is C11H13NO5. The average molecular weight is 239 g/mol. The molecule has 6 heteroatoms. The summed E-state index contributed by atoms with van der Waals surface area (Å²) >= 11 is 0. The zero-order valence-corrected chi connectivity index (χ0v) is 9.80. The Morgan fingerprint density at radius 1 is 1.47 bits per heavy atom. The second-order valence-corrected chi connectivity index (χ2v) is 3.49. The van der Waals surface area contributed by atoms with E-state index in [0.29, 0.717) is 11.3 Å². The van der Waals surface area contributed by atoms with Crippen LogP contribution in [0.3, 0.4) is 0 Å². The number of hydrogen-bond acceptors (Lipinski definition) is 5. The predicted molar refractivity (Wildman–Crippen MR) is 59.9 cm³/mol. The third-order valence-corrected chi connectivity index (χ3v) is 2.21. The summed E-state index contributed by atoms with van der Waals surface area (Å²) < 4.78 is 9.79. The smallest absolute Gasteiger partial charge is 0.346 e. The first-order valence-corrected chi connectivity index (χ1v) is 4.95. The zero-order chi connectivity index (χ0) is 13.0. The molecule has 0 spiro atoms. The highest BCUT2D eigenvalue weighted by Crippen LogP contribution is 2.23. The van der Waals surface area contributed by atoms with E-state index in [1.54, 1.807) is 13.8 Å². The van der Waals surface area contributed by atoms with Crippen molar-refractivity contribution in [3.8, 4) is 5.75 Å². The molecule has 0 bridgehead atoms. The van der Waals surface area contributed by atoms with E-state index in [1.165, 1.54) is 25.3 Å². The normalized spacial score (nSPS) is 11.7. The number of rotatable bonds is 4. The van der Waals surface area contributed by atoms with Crippen LogP contribution in [0.5, 0.6) is 5.75 Å². The standard InChI is InChI=1S/C11H13NO5/c1-7-6-9(4-5-10(7)12(14)15)17-8(2)11(13)16-3/h4-6,8H,1-3H3/t8-/m0/s1. The van der Waals surface area contributed by atoms with Gasteiger partial charge in [0, 0.05) is 11.6 Å². The van der Waals surface area contributed by atoms with Gasteiger partial charge < -0.3 is 9.47 Å². The third kappa shape index (κ3) is 3.17. The van der Waals surface area contributed by atoms with Gasteiger partial charge in [0.1, 0.15) is 5.75 Å². The number of ether oxygens (including phenoxy) is 2. The van der Waals surface area contributed by atoms with Crippen molar-refractivity contribution in [3.05, 3.63) is 33.9 Å². The highest BCUT2D eigenvalue weighted by molar-refractivity contribution is 5.74. The number of carbonyl (C=O) groups excluding carboxylic acids is 1. The Hall–Kier alpha value is -2.11. The third-order valence-electron chi connectivity index (χ3n) is 2.21. The number of nitrogens with zero attached hydrogens (tertiary/aromatic N) is 1. The minimum Gasteiger partial charge on any atom is -0.479 e. The van der Waals surface area contributed by atoms with Crippen LogP contribution in [0.25, 0.3) is 0 Å². The van der Waals surface area contributed by atoms with Gasteiger partial charge in [-0.25, -0.2) is 4.79 Å². The van der Waals surface area contributed by atoms with Crippen LogP contribution in [0.1, 0.15) is 12.5 Å². The molecule has 1 rings (SSSR count). The Balaban J connectivity index is 2.84. The van der Waals surface area contributed by atoms with Crippen molar-refractivity contribution in [1.82, 2.24) is 0 Å². The van der Waals surface area contributed by atoms with Crippen LogP contribution in [-0.2, 0) is 9.53 Å². The fourth-order valence-electron chi connectivity index (χ4n) is 1.32. The summed E-state index contributed by atoms with van der Waals surface area (Å²) in [6, 6.07) is 4.30. The molecule has 0 aliphatic rings. The number of nitro benzene ring substituents is 1. The fourth-order valence-corrected chi connectivity index (χ4v) is 1.32. The van der Waals surface area contributed by atoms with Crippen molar-refractivity contribution in [2.45, 2.75) is 20.0 Å². The summed E-state index contributed by atoms with van der Waals surface area (Å²) in [6.07, 6.45) is -0.749. The molecule has 0 fully saturated rings. The van der Waals surface area contributed by atoms with Gasteiger partial charge in [-0.2, -0.15) is 0 Å². The van der Waals surface area contributed by atoms with Crippen molar-refractivity contribution in [3.63, 3.8) is 0 Å². The molecule has 0 saturated heterocycles. The summed E-state index contributed by atoms with van der Waals surface area (Å²) in [5.41, 5.74) is 0.493. The van der Waals surface area contributed by atoms with E-state index >= 15 is 0 Å². The number of aryl methyl sites for hydroxylation is 1. The minimum atomic E-state index is -0.749. The molecule has 0 aliphatic heterocycles. The molecule has 0 N–H and O–H groups in total. The van der Waals surface area contributed by atoms with Crippen molar-refractivity contribution < 1.29 is 19.2 Å². The van der Waals surface area contributed by atoms with E-state index in [0.717, 1.165) is 0 Å². The van der Waals surface area contributed by atoms with Crippen molar-refractivity contribution in [2.24, 2.45) is 0 Å². The SMILES string of the molecule is COC(=O)[C@H](C)Oc1ccc([N+](=O)[O-])c(C)c1. The van der Waals surface area contributed by atoms with E-state index in [4.69, 9.17) is 4.74 Å². The Bertz CT molecular complexity index is 443. The summed E-state index contributed by atoms with van der Waals surface area (Å²) in [6.45, 7) is 3.15. The van der Waals surface area contributed by atoms with Gasteiger partial charge >= 0.3 is 5.97 Å². The van der Waals surface area contributed by atoms with Crippen LogP contribution < -0.4 is 4.74 Å². The van der Waals surface area contributed by atoms with Crippen LogP contribution in [0.2, 0.25) is 0 Å². The monoisotopic (exact) mass is 239 g/mol. The maximum absolute atomic E-state index is 11.1. The van der Waals surface area contributed by atoms with Gasteiger partial charge in [-0.1, -0.05) is 0 Å². The van der Waals surface area contributed by atoms with Crippen LogP contribution in [0.4, 0.5) is 5.69 Å². The van der Waals surface area contributed by atoms with Gasteiger partial charge in [-0.3, -0.25) is 10.1 Å². The van der Waals surface area contributed by atoms with Crippen molar-refractivity contribution in [2.75, 3.05) is 7.11 Å². The summed E-state index contributed by atoms with van der Waals surface area (Å²) in [5.74, 6) is -0.105. The maximum atomic E-state index is 11.1. The molecule has 0 unspecified atom stereocenters. The van der Waals surface area contributed by atoms with Gasteiger partial charge in [0.25, 0.3) is 5.69 Å². The lowest BCUT2D eigenvalue weighted by Gasteiger charge is -2.12. The van der Waals surface area contributed by atoms with Gasteiger partial charge in [-0.15, -0.1) is 0 Å². The highest BCUT2D eigenvalue weighted by atomic mass is 16.6. The first kappa shape index (κ1) is 13.0. The second kappa shape index (κ2) is 5.29. The molecule has 1 aromatic carbocycles. The molecule has 1 atom stereocenters. The van der Waals surface area contributed by atoms with Crippen molar-refractivity contribution >= 4 is 11.7 Å². The van der Waals surface area contributed by atoms with E-state index in [1.807, 2.05) is 0 Å². The van der Waals surface area contributed by atoms with E-state index in [9.17, 15) is 14.9 Å². The molecule has 1 aromatic rings. The molecule has 0 radical (unpaired) electrons. The van der Waals surface area contributed by atoms with E-state index in [-0.39, 0.29) is 5.69 Å². The number of benzene rings is 1. The minimum absolute atomic E-state index is 0.0167. The zero-order valence-electron chi connectivity index (χ0n) is 9.80. The van der Waals surface area contributed by atoms with Crippen LogP contribution in [0, 0.1) is 17.0 Å². The lowest BCUT2D eigenvalue weighted by molar-refractivity contribution is -0.385. The quantitative estimate of drug-likeness (QED) is 0.455. The van der Waals surface area contributed by atoms with Crippen LogP contribution >= 0.6 is 0 Å². The van der Waals surface area contributed by atoms with Gasteiger partial charge in [0.15, 0.2) is 6.10 Å². The first-order chi connectivity index (χ1) is 7.95. The Morgan fingerprint density at radius 3 is 2.59 bits per heavy atom. The second-order valence-electron chi connectivity index (χ2n) is 3.49. The highest BCUT2D eigenvalue weighted by Gasteiger charge is 2.16. The Labute approximate surface area is 98.3 Å². The van der Waals surface area contributed by atoms with Crippen LogP contribution in [0.15, 0.2) is 18.2 Å². The fraction of sp³-hybridized carbons (Fsp3) is 0.364. The predicted octanol–water partition coefficient (Wildman–Crippen LogP) is 1.84. The number of methoxy groups -OCH3 is 1. The number of esters is 1. The molecule has 0 aliphatic carbocycles. The lowest BCUT2D eigenvalue weighted by Crippen LogP contribution is -2.24. The van der Waals surface area contributed by atoms with Crippen molar-refractivity contribution in [1.29, 1.82) is 0 Å². The van der Waals surface area contributed by atoms with Gasteiger partial charge in [0.05, 0.1) is 12.0 Å². The number of hydrogen-bond donors (Lipinski definition) is 0. The molecular weight excluding hydrogens is 226 g/mol. The Kier molecular flexibility index (Phi) is 4.03. The van der Waals surface area contributed by atoms with Gasteiger partial charge in [0.2, 0.25) is 0 Å². The molecule has 0 aromatic heterocycles. The molecule has 17 heavy (non-hydrogen) atoms. The molecule has 6 nitrogen and oxygen atoms in total. The number of carbonyl (C=O) groups is 1. The lowest BCUT2D eigenvalue weighted by atomic mass is 10.2. The summed E-state index contributed by atoms with van der Waals surface area (Å²) in [7, 11) is 1.27. The summed E-state index contributed by atoms with van der Waals surface area (Å²) in [5, 5.41) is 10.6. The molecule has 0 saturated carbocycles. The summed E-state index contributed by atoms with van der Waals surface area (Å²) in [4.78, 5) is 21.3. The average Bonchev–Trinajstić information content (AvgIpc) is 2.27. The first-order valence-electron chi connectivity index (χ1n) is 4.95. The topological polar surface area (TPSA) is 78.7 Å². The molecule has 0 heterocycles. The molecule has 92 valence electrons. The number of nitro groups is 1. The van der Waals surface area contributed by atoms with Gasteiger partial charge in [-0.05, 0) is 26.0 Å². The van der Waals surface area contributed by atoms with Crippen LogP contribution in [-0.4, -0.2) is 24.1 Å². The Morgan fingerprint density at radius 2 is 2.12 bits per heavy atom. The van der Waals surface area contributed by atoms with E-state index in [2.05, 4.69) is 4.74 Å². The molecule has 0 amide bonds.